The summed E-state index contributed by atoms with van der Waals surface area (Å²) in [5, 5.41) is 4.71. The molecule has 0 bridgehead atoms. The Bertz CT molecular complexity index is 929. The molecule has 0 aliphatic carbocycles. The highest BCUT2D eigenvalue weighted by molar-refractivity contribution is 7.10. The van der Waals surface area contributed by atoms with Crippen LogP contribution in [-0.2, 0) is 6.54 Å². The zero-order valence-electron chi connectivity index (χ0n) is 13.4. The monoisotopic (exact) mass is 339 g/mol. The van der Waals surface area contributed by atoms with Crippen LogP contribution in [0.15, 0.2) is 46.6 Å². The van der Waals surface area contributed by atoms with Gasteiger partial charge in [0.05, 0.1) is 17.8 Å². The van der Waals surface area contributed by atoms with Crippen LogP contribution in [0, 0.1) is 13.8 Å². The van der Waals surface area contributed by atoms with E-state index >= 15 is 0 Å². The molecule has 0 aliphatic rings. The van der Waals surface area contributed by atoms with E-state index in [-0.39, 0.29) is 18.0 Å². The van der Waals surface area contributed by atoms with E-state index in [1.165, 1.54) is 6.07 Å². The topological polar surface area (TPSA) is 74.8 Å². The Morgan fingerprint density at radius 3 is 2.71 bits per heavy atom. The molecule has 1 amide bonds. The molecule has 0 saturated heterocycles. The molecule has 5 nitrogen and oxygen atoms in total. The molecule has 0 fully saturated rings. The number of hydrogen-bond donors (Lipinski definition) is 2. The zero-order chi connectivity index (χ0) is 17.1. The normalized spacial score (nSPS) is 10.6. The van der Waals surface area contributed by atoms with Crippen LogP contribution in [0.4, 0.5) is 0 Å². The second-order valence-corrected chi connectivity index (χ2v) is 6.54. The van der Waals surface area contributed by atoms with Gasteiger partial charge in [-0.25, -0.2) is 4.98 Å². The van der Waals surface area contributed by atoms with Crippen LogP contribution in [0.1, 0.15) is 26.8 Å². The number of carbonyl (C=O) groups is 1. The summed E-state index contributed by atoms with van der Waals surface area (Å²) < 4.78 is 0. The van der Waals surface area contributed by atoms with E-state index in [1.54, 1.807) is 18.3 Å². The lowest BCUT2D eigenvalue weighted by molar-refractivity contribution is 0.0951. The van der Waals surface area contributed by atoms with Gasteiger partial charge in [0.1, 0.15) is 5.82 Å². The lowest BCUT2D eigenvalue weighted by Gasteiger charge is -2.08. The highest BCUT2D eigenvalue weighted by Crippen LogP contribution is 2.32. The molecule has 6 heteroatoms. The van der Waals surface area contributed by atoms with E-state index in [9.17, 15) is 9.59 Å². The Balaban J connectivity index is 1.82. The fraction of sp³-hybridized carbons (Fsp3) is 0.167. The molecule has 2 heterocycles. The molecule has 0 spiro atoms. The second-order valence-electron chi connectivity index (χ2n) is 5.45. The third kappa shape index (κ3) is 3.44. The van der Waals surface area contributed by atoms with Crippen molar-refractivity contribution in [2.75, 3.05) is 0 Å². The number of nitrogens with zero attached hydrogens (tertiary/aromatic N) is 1. The SMILES string of the molecule is Cc1nc(CNC(=O)c2csc(C)c2-c2ccccc2)cc(=O)[nH]1. The molecular formula is C18H17N3O2S. The molecule has 0 atom stereocenters. The van der Waals surface area contributed by atoms with E-state index in [0.29, 0.717) is 17.1 Å². The lowest BCUT2D eigenvalue weighted by atomic mass is 10.0. The van der Waals surface area contributed by atoms with Gasteiger partial charge < -0.3 is 10.3 Å². The van der Waals surface area contributed by atoms with Gasteiger partial charge in [-0.15, -0.1) is 11.3 Å². The Labute approximate surface area is 143 Å². The number of hydrogen-bond acceptors (Lipinski definition) is 4. The maximum atomic E-state index is 12.6. The highest BCUT2D eigenvalue weighted by atomic mass is 32.1. The summed E-state index contributed by atoms with van der Waals surface area (Å²) in [7, 11) is 0. The first kappa shape index (κ1) is 16.1. The van der Waals surface area contributed by atoms with Gasteiger partial charge in [0, 0.05) is 21.9 Å². The van der Waals surface area contributed by atoms with Crippen molar-refractivity contribution in [3.63, 3.8) is 0 Å². The fourth-order valence-corrected chi connectivity index (χ4v) is 3.45. The fourth-order valence-electron chi connectivity index (χ4n) is 2.58. The standard InChI is InChI=1S/C18H17N3O2S/c1-11-17(13-6-4-3-5-7-13)15(10-24-11)18(23)19-9-14-8-16(22)21-12(2)20-14/h3-8,10H,9H2,1-2H3,(H,19,23)(H,20,21,22). The maximum absolute atomic E-state index is 12.6. The molecule has 3 rings (SSSR count). The van der Waals surface area contributed by atoms with Crippen LogP contribution in [0.5, 0.6) is 0 Å². The van der Waals surface area contributed by atoms with Crippen molar-refractivity contribution in [3.05, 3.63) is 74.1 Å². The number of amides is 1. The molecule has 2 N–H and O–H groups in total. The summed E-state index contributed by atoms with van der Waals surface area (Å²) in [6.45, 7) is 3.93. The van der Waals surface area contributed by atoms with Crippen molar-refractivity contribution < 1.29 is 4.79 Å². The smallest absolute Gasteiger partial charge is 0.253 e. The quantitative estimate of drug-likeness (QED) is 0.767. The summed E-state index contributed by atoms with van der Waals surface area (Å²) in [6.07, 6.45) is 0. The van der Waals surface area contributed by atoms with Gasteiger partial charge in [-0.3, -0.25) is 9.59 Å². The minimum atomic E-state index is -0.219. The van der Waals surface area contributed by atoms with Gasteiger partial charge in [0.2, 0.25) is 0 Å². The van der Waals surface area contributed by atoms with Crippen LogP contribution in [0.25, 0.3) is 11.1 Å². The number of benzene rings is 1. The van der Waals surface area contributed by atoms with E-state index in [2.05, 4.69) is 15.3 Å². The van der Waals surface area contributed by atoms with Gasteiger partial charge in [0.15, 0.2) is 0 Å². The van der Waals surface area contributed by atoms with E-state index in [0.717, 1.165) is 16.0 Å². The lowest BCUT2D eigenvalue weighted by Crippen LogP contribution is -2.25. The number of rotatable bonds is 4. The average molecular weight is 339 g/mol. The van der Waals surface area contributed by atoms with Crippen LogP contribution >= 0.6 is 11.3 Å². The number of aromatic amines is 1. The molecule has 0 radical (unpaired) electrons. The predicted octanol–water partition coefficient (Wildman–Crippen LogP) is 3.05. The molecule has 3 aromatic rings. The molecule has 2 aromatic heterocycles. The van der Waals surface area contributed by atoms with Gasteiger partial charge in [-0.1, -0.05) is 30.3 Å². The van der Waals surface area contributed by atoms with Crippen LogP contribution in [0.2, 0.25) is 0 Å². The van der Waals surface area contributed by atoms with E-state index in [1.807, 2.05) is 42.6 Å². The first-order chi connectivity index (χ1) is 11.5. The Hall–Kier alpha value is -2.73. The molecule has 1 aromatic carbocycles. The minimum absolute atomic E-state index is 0.169. The molecule has 0 aliphatic heterocycles. The zero-order valence-corrected chi connectivity index (χ0v) is 14.2. The van der Waals surface area contributed by atoms with E-state index < -0.39 is 0 Å². The number of aryl methyl sites for hydroxylation is 2. The number of nitrogens with one attached hydrogen (secondary N) is 2. The molecule has 24 heavy (non-hydrogen) atoms. The van der Waals surface area contributed by atoms with E-state index in [4.69, 9.17) is 0 Å². The Kier molecular flexibility index (Phi) is 4.57. The van der Waals surface area contributed by atoms with Crippen molar-refractivity contribution >= 4 is 17.2 Å². The Morgan fingerprint density at radius 1 is 1.25 bits per heavy atom. The summed E-state index contributed by atoms with van der Waals surface area (Å²) in [5.41, 5.74) is 2.94. The number of thiophene rings is 1. The van der Waals surface area contributed by atoms with Gasteiger partial charge in [0.25, 0.3) is 11.5 Å². The minimum Gasteiger partial charge on any atom is -0.346 e. The third-order valence-electron chi connectivity index (χ3n) is 3.63. The Morgan fingerprint density at radius 2 is 2.00 bits per heavy atom. The number of carbonyl (C=O) groups excluding carboxylic acids is 1. The number of aromatic nitrogens is 2. The molecule has 0 saturated carbocycles. The van der Waals surface area contributed by atoms with Gasteiger partial charge in [-0.05, 0) is 19.4 Å². The van der Waals surface area contributed by atoms with Crippen molar-refractivity contribution in [2.45, 2.75) is 20.4 Å². The van der Waals surface area contributed by atoms with Crippen molar-refractivity contribution in [3.8, 4) is 11.1 Å². The summed E-state index contributed by atoms with van der Waals surface area (Å²) >= 11 is 1.55. The van der Waals surface area contributed by atoms with Crippen molar-refractivity contribution in [1.82, 2.24) is 15.3 Å². The molecule has 122 valence electrons. The summed E-state index contributed by atoms with van der Waals surface area (Å²) in [4.78, 5) is 31.9. The number of H-pyrrole nitrogens is 1. The first-order valence-corrected chi connectivity index (χ1v) is 8.41. The maximum Gasteiger partial charge on any atom is 0.253 e. The largest absolute Gasteiger partial charge is 0.346 e. The first-order valence-electron chi connectivity index (χ1n) is 7.53. The summed E-state index contributed by atoms with van der Waals surface area (Å²) in [5.74, 6) is 0.362. The second kappa shape index (κ2) is 6.80. The highest BCUT2D eigenvalue weighted by Gasteiger charge is 2.17. The molecular weight excluding hydrogens is 322 g/mol. The van der Waals surface area contributed by atoms with Crippen LogP contribution < -0.4 is 10.9 Å². The van der Waals surface area contributed by atoms with Crippen molar-refractivity contribution in [1.29, 1.82) is 0 Å². The average Bonchev–Trinajstić information content (AvgIpc) is 2.94. The van der Waals surface area contributed by atoms with Crippen molar-refractivity contribution in [2.24, 2.45) is 0 Å². The van der Waals surface area contributed by atoms with Crippen LogP contribution in [-0.4, -0.2) is 15.9 Å². The predicted molar refractivity (Wildman–Crippen MR) is 95.3 cm³/mol. The third-order valence-corrected chi connectivity index (χ3v) is 4.54. The molecule has 0 unspecified atom stereocenters. The van der Waals surface area contributed by atoms with Gasteiger partial charge >= 0.3 is 0 Å². The summed E-state index contributed by atoms with van der Waals surface area (Å²) in [6, 6.07) is 11.2. The van der Waals surface area contributed by atoms with Gasteiger partial charge in [-0.2, -0.15) is 0 Å². The van der Waals surface area contributed by atoms with Crippen LogP contribution in [0.3, 0.4) is 0 Å².